The van der Waals surface area contributed by atoms with Crippen molar-refractivity contribution in [3.63, 3.8) is 0 Å². The van der Waals surface area contributed by atoms with E-state index in [4.69, 9.17) is 51.3 Å². The predicted molar refractivity (Wildman–Crippen MR) is 422 cm³/mol. The maximum Gasteiger partial charge on any atom is 0.314 e. The zero-order valence-electron chi connectivity index (χ0n) is 36.7. The van der Waals surface area contributed by atoms with E-state index >= 15 is 0 Å². The van der Waals surface area contributed by atoms with Gasteiger partial charge in [-0.1, -0.05) is 67.2 Å². The number of benzene rings is 2. The average Bonchev–Trinajstić information content (AvgIpc) is 3.41. The third kappa shape index (κ3) is 37.4. The van der Waals surface area contributed by atoms with Crippen molar-refractivity contribution in [1.82, 2.24) is 14.7 Å². The van der Waals surface area contributed by atoms with Crippen LogP contribution in [0.2, 0.25) is 10.0 Å². The second-order valence-corrected chi connectivity index (χ2v) is 75.5. The molecule has 2 aliphatic rings. The van der Waals surface area contributed by atoms with Gasteiger partial charge in [0.15, 0.2) is 0 Å². The number of rotatable bonds is 8. The molecule has 0 bridgehead atoms. The van der Waals surface area contributed by atoms with E-state index in [2.05, 4.69) is 41.0 Å². The number of hydrogen-bond acceptors (Lipinski definition) is 5. The number of piperidine rings is 1. The summed E-state index contributed by atoms with van der Waals surface area (Å²) in [6, 6.07) is 16.0. The fourth-order valence-corrected chi connectivity index (χ4v) is 96.9. The summed E-state index contributed by atoms with van der Waals surface area (Å²) in [6.45, 7) is 5.81. The molecule has 0 aromatic heterocycles. The van der Waals surface area contributed by atoms with Gasteiger partial charge in [-0.3, -0.25) is 9.69 Å². The molecule has 4 rings (SSSR count). The molecule has 2 saturated heterocycles. The van der Waals surface area contributed by atoms with Gasteiger partial charge in [0.2, 0.25) is 5.91 Å². The quantitative estimate of drug-likeness (QED) is 0.359. The zero-order valence-corrected chi connectivity index (χ0v) is 68.4. The summed E-state index contributed by atoms with van der Waals surface area (Å²) >= 11 is 22.0. The lowest BCUT2D eigenvalue weighted by molar-refractivity contribution is -0.138. The van der Waals surface area contributed by atoms with Gasteiger partial charge < -0.3 is 15.5 Å². The summed E-state index contributed by atoms with van der Waals surface area (Å²) in [5.41, 5.74) is 7.79. The molecule has 0 radical (unpaired) electrons. The van der Waals surface area contributed by atoms with Gasteiger partial charge in [-0.2, -0.15) is 0 Å². The third-order valence-electron chi connectivity index (χ3n) is 8.80. The lowest BCUT2D eigenvalue weighted by Gasteiger charge is -2.45. The van der Waals surface area contributed by atoms with Crippen molar-refractivity contribution in [2.45, 2.75) is 57.5 Å². The van der Waals surface area contributed by atoms with Crippen LogP contribution in [0.25, 0.3) is 0 Å². The molecule has 422 valence electrons. The monoisotopic (exact) mass is 1730 g/mol. The molecule has 2 N–H and O–H groups in total. The molecule has 45 heteroatoms. The Labute approximate surface area is 552 Å². The van der Waals surface area contributed by atoms with E-state index in [1.807, 2.05) is 211 Å². The average molecular weight is 1730 g/mol. The number of unbranched alkanes of at least 4 members (excludes halogenated alkanes) is 1. The molecule has 2 heterocycles. The predicted octanol–water partition coefficient (Wildman–Crippen LogP) is 5.88. The summed E-state index contributed by atoms with van der Waals surface area (Å²) in [5.74, 6) is 0.552. The molecule has 2 fully saturated rings. The number of nitrogens with zero attached hydrogens (tertiary/aromatic N) is 3. The number of hydrogen-bond donors (Lipinski definition) is 1. The van der Waals surface area contributed by atoms with Crippen molar-refractivity contribution in [2.75, 3.05) is 32.7 Å². The van der Waals surface area contributed by atoms with Crippen LogP contribution in [0.15, 0.2) is 48.5 Å². The Bertz CT molecular complexity index is 3710. The minimum atomic E-state index is -0.364. The first-order chi connectivity index (χ1) is 36.3. The highest BCUT2D eigenvalue weighted by Crippen LogP contribution is 2.33. The molecule has 2 aliphatic heterocycles. The van der Waals surface area contributed by atoms with Gasteiger partial charge in [-0.15, -0.1) is 0 Å². The Morgan fingerprint density at radius 2 is 0.851 bits per heavy atom. The van der Waals surface area contributed by atoms with Gasteiger partial charge in [0, 0.05) is 388 Å². The number of amides is 3. The van der Waals surface area contributed by atoms with E-state index in [-0.39, 0.29) is 24.0 Å². The number of nitrogens with two attached hydrogens (primary N) is 1. The van der Waals surface area contributed by atoms with Crippen molar-refractivity contribution in [3.8, 4) is 0 Å². The van der Waals surface area contributed by atoms with Crippen LogP contribution in [-0.4, -0.2) is 65.4 Å². The maximum absolute atomic E-state index is 13.5. The van der Waals surface area contributed by atoms with Crippen molar-refractivity contribution < 1.29 is 9.59 Å². The van der Waals surface area contributed by atoms with Crippen molar-refractivity contribution in [3.05, 3.63) is 69.7 Å². The summed E-state index contributed by atoms with van der Waals surface area (Å²) < 4.78 is 0. The standard InChI is InChI=1S/C29H38Cl2N4O2.S37/c1-2-3-4-26-20-34(17-18-35(26)27(36)19-21-13-15-33(16-14-21)29(32)37)28(22-5-9-24(30)10-6-22)23-7-11-25(31)12-8-23;1-3-5-7-9-11-13-15-17-19-21-23-25-27-29-31-33-35-37-36-34-32-30-28-26-24-22-20-18-16-14-12-10-8-6-4-2/h5-12,21,26,28H,2-4,13-20H2,1H3,(H2,32,37);/t26-;/m0./s1. The number of piperazine rings is 1. The molecule has 0 aliphatic carbocycles. The highest BCUT2D eigenvalue weighted by Gasteiger charge is 2.35. The SMILES string of the molecule is CCCC[C@H]1CN(C(c2ccc(Cl)cc2)c2ccc(Cl)cc2)CCN1C(=O)CC1CCN(C(N)=O)CC1.S=S=S=S=S=S=S=S=S=S=S=S=S=S=S=S=S=S=S=S=S=S=S=S=S=S=S=S=S=S=S=S=S=S=S=S=S. The summed E-state index contributed by atoms with van der Waals surface area (Å²) in [7, 11) is 61.9. The molecule has 74 heavy (non-hydrogen) atoms. The van der Waals surface area contributed by atoms with Crippen molar-refractivity contribution in [2.24, 2.45) is 11.7 Å². The first-order valence-electron chi connectivity index (χ1n) is 19.4. The van der Waals surface area contributed by atoms with Crippen LogP contribution >= 0.6 is 23.2 Å². The van der Waals surface area contributed by atoms with E-state index in [9.17, 15) is 9.59 Å². The smallest absolute Gasteiger partial charge is 0.314 e. The Hall–Kier alpha value is 5.86. The summed E-state index contributed by atoms with van der Waals surface area (Å²) in [6.07, 6.45) is 5.40. The van der Waals surface area contributed by atoms with Crippen LogP contribution in [0.4, 0.5) is 4.79 Å². The second-order valence-electron chi connectivity index (χ2n) is 12.7. The van der Waals surface area contributed by atoms with Crippen LogP contribution < -0.4 is 5.73 Å². The minimum absolute atomic E-state index is 0.0639. The molecular formula is C29H38Cl2N4O2S37. The molecule has 1 atom stereocenters. The van der Waals surface area contributed by atoms with Crippen LogP contribution in [0.5, 0.6) is 0 Å². The van der Waals surface area contributed by atoms with Crippen LogP contribution in [-0.2, 0) is 338 Å². The van der Waals surface area contributed by atoms with Gasteiger partial charge in [-0.05, 0) is 60.6 Å². The number of urea groups is 1. The summed E-state index contributed by atoms with van der Waals surface area (Å²) in [4.78, 5) is 31.3. The lowest BCUT2D eigenvalue weighted by Crippen LogP contribution is -2.56. The first kappa shape index (κ1) is 74.1. The first-order valence-corrected chi connectivity index (χ1v) is 68.2. The Kier molecular flexibility index (Phi) is 52.1. The summed E-state index contributed by atoms with van der Waals surface area (Å²) in [5, 5.41) is 1.44. The lowest BCUT2D eigenvalue weighted by atomic mass is 9.91. The van der Waals surface area contributed by atoms with Gasteiger partial charge in [0.1, 0.15) is 0 Å². The number of likely N-dealkylation sites (tertiary alicyclic amines) is 1. The van der Waals surface area contributed by atoms with Crippen LogP contribution in [0, 0.1) is 5.92 Å². The molecule has 6 nitrogen and oxygen atoms in total. The largest absolute Gasteiger partial charge is 0.351 e. The molecule has 2 aromatic carbocycles. The molecule has 3 amide bonds. The van der Waals surface area contributed by atoms with E-state index in [1.54, 1.807) is 111 Å². The van der Waals surface area contributed by atoms with Gasteiger partial charge in [0.05, 0.1) is 6.04 Å². The van der Waals surface area contributed by atoms with Crippen LogP contribution in [0.1, 0.15) is 62.6 Å². The highest BCUT2D eigenvalue weighted by molar-refractivity contribution is 8.80. The van der Waals surface area contributed by atoms with E-state index < -0.39 is 0 Å². The van der Waals surface area contributed by atoms with E-state index in [0.29, 0.717) is 32.0 Å². The number of primary amides is 1. The molecule has 0 unspecified atom stereocenters. The third-order valence-corrected chi connectivity index (χ3v) is 84.9. The fourth-order valence-electron chi connectivity index (χ4n) is 6.13. The molecule has 0 saturated carbocycles. The Morgan fingerprint density at radius 1 is 0.527 bits per heavy atom. The zero-order chi connectivity index (χ0) is 53.1. The topological polar surface area (TPSA) is 69.9 Å². The second kappa shape index (κ2) is 52.0. The number of carbonyl (C=O) groups excluding carboxylic acids is 2. The Morgan fingerprint density at radius 3 is 1.15 bits per heavy atom. The Balaban J connectivity index is 0.000000390. The maximum atomic E-state index is 13.5. The van der Waals surface area contributed by atoms with Crippen molar-refractivity contribution >= 4 is 368 Å². The normalized spacial score (nSPS) is 13.5. The molecule has 0 spiro atoms. The minimum Gasteiger partial charge on any atom is -0.351 e. The van der Waals surface area contributed by atoms with E-state index in [1.165, 1.54) is 28.9 Å². The van der Waals surface area contributed by atoms with Crippen LogP contribution in [0.3, 0.4) is 0 Å². The number of carbonyl (C=O) groups is 2. The van der Waals surface area contributed by atoms with Gasteiger partial charge >= 0.3 is 6.03 Å². The van der Waals surface area contributed by atoms with E-state index in [0.717, 1.165) is 55.2 Å². The molecular weight excluding hydrogens is 1690 g/mol. The van der Waals surface area contributed by atoms with Gasteiger partial charge in [-0.25, -0.2) is 4.79 Å². The fraction of sp³-hybridized carbons (Fsp3) is 0.517. The van der Waals surface area contributed by atoms with Gasteiger partial charge in [0.25, 0.3) is 0 Å². The number of halogens is 2. The molecule has 2 aromatic rings. The highest BCUT2D eigenvalue weighted by atomic mass is 35.5. The van der Waals surface area contributed by atoms with Crippen molar-refractivity contribution in [1.29, 1.82) is 0 Å².